The number of alkyl halides is 3. The third-order valence-electron chi connectivity index (χ3n) is 3.77. The SMILES string of the molecule is CC1(C(N)Cc2ccc(C(F)(F)F)cc2)CCCS1. The third kappa shape index (κ3) is 3.45. The van der Waals surface area contributed by atoms with Gasteiger partial charge in [-0.3, -0.25) is 0 Å². The summed E-state index contributed by atoms with van der Waals surface area (Å²) in [5.41, 5.74) is 6.49. The highest BCUT2D eigenvalue weighted by Crippen LogP contribution is 2.40. The molecule has 2 N–H and O–H groups in total. The van der Waals surface area contributed by atoms with E-state index in [1.165, 1.54) is 18.6 Å². The summed E-state index contributed by atoms with van der Waals surface area (Å²) in [5.74, 6) is 1.12. The molecule has 1 aliphatic rings. The quantitative estimate of drug-likeness (QED) is 0.914. The number of hydrogen-bond donors (Lipinski definition) is 1. The topological polar surface area (TPSA) is 26.0 Å². The van der Waals surface area contributed by atoms with Gasteiger partial charge in [0.2, 0.25) is 0 Å². The number of nitrogens with two attached hydrogens (primary N) is 1. The predicted molar refractivity (Wildman–Crippen MR) is 73.2 cm³/mol. The number of rotatable bonds is 3. The molecule has 0 spiro atoms. The fourth-order valence-electron chi connectivity index (χ4n) is 2.39. The Morgan fingerprint density at radius 1 is 1.32 bits per heavy atom. The van der Waals surface area contributed by atoms with Crippen LogP contribution in [0.2, 0.25) is 0 Å². The largest absolute Gasteiger partial charge is 0.416 e. The van der Waals surface area contributed by atoms with E-state index in [1.807, 2.05) is 11.8 Å². The second-order valence-electron chi connectivity index (χ2n) is 5.27. The first kappa shape index (κ1) is 14.7. The van der Waals surface area contributed by atoms with Gasteiger partial charge in [0.15, 0.2) is 0 Å². The van der Waals surface area contributed by atoms with Crippen LogP contribution in [-0.2, 0) is 12.6 Å². The summed E-state index contributed by atoms with van der Waals surface area (Å²) in [6, 6.07) is 5.31. The molecular formula is C14H18F3NS. The van der Waals surface area contributed by atoms with E-state index in [2.05, 4.69) is 6.92 Å². The zero-order chi connectivity index (χ0) is 14.1. The minimum absolute atomic E-state index is 0.0169. The molecule has 0 bridgehead atoms. The Labute approximate surface area is 115 Å². The molecule has 0 aliphatic carbocycles. The Kier molecular flexibility index (Phi) is 4.16. The molecule has 106 valence electrons. The lowest BCUT2D eigenvalue weighted by Crippen LogP contribution is -2.42. The maximum absolute atomic E-state index is 12.5. The van der Waals surface area contributed by atoms with Gasteiger partial charge in [0, 0.05) is 10.8 Å². The van der Waals surface area contributed by atoms with Crippen molar-refractivity contribution in [1.29, 1.82) is 0 Å². The smallest absolute Gasteiger partial charge is 0.326 e. The van der Waals surface area contributed by atoms with Crippen LogP contribution in [0.3, 0.4) is 0 Å². The second kappa shape index (κ2) is 5.37. The van der Waals surface area contributed by atoms with E-state index in [0.717, 1.165) is 29.9 Å². The van der Waals surface area contributed by atoms with Crippen LogP contribution in [0.5, 0.6) is 0 Å². The van der Waals surface area contributed by atoms with Crippen LogP contribution in [0.1, 0.15) is 30.9 Å². The fraction of sp³-hybridized carbons (Fsp3) is 0.571. The third-order valence-corrected chi connectivity index (χ3v) is 5.43. The molecule has 2 unspecified atom stereocenters. The number of halogens is 3. The normalized spacial score (nSPS) is 25.5. The van der Waals surface area contributed by atoms with Crippen molar-refractivity contribution < 1.29 is 13.2 Å². The molecule has 1 heterocycles. The number of benzene rings is 1. The zero-order valence-corrected chi connectivity index (χ0v) is 11.7. The molecule has 1 nitrogen and oxygen atoms in total. The maximum Gasteiger partial charge on any atom is 0.416 e. The van der Waals surface area contributed by atoms with Crippen molar-refractivity contribution in [2.75, 3.05) is 5.75 Å². The molecule has 19 heavy (non-hydrogen) atoms. The highest BCUT2D eigenvalue weighted by atomic mass is 32.2. The first-order chi connectivity index (χ1) is 8.81. The molecule has 1 fully saturated rings. The highest BCUT2D eigenvalue weighted by Gasteiger charge is 2.35. The Morgan fingerprint density at radius 2 is 1.95 bits per heavy atom. The Balaban J connectivity index is 2.03. The second-order valence-corrected chi connectivity index (χ2v) is 6.90. The average Bonchev–Trinajstić information content (AvgIpc) is 2.77. The van der Waals surface area contributed by atoms with E-state index < -0.39 is 11.7 Å². The molecule has 1 saturated heterocycles. The van der Waals surface area contributed by atoms with Crippen LogP contribution in [0.25, 0.3) is 0 Å². The highest BCUT2D eigenvalue weighted by molar-refractivity contribution is 8.00. The molecule has 1 aromatic carbocycles. The predicted octanol–water partition coefficient (Wildman–Crippen LogP) is 3.86. The van der Waals surface area contributed by atoms with Crippen molar-refractivity contribution in [2.24, 2.45) is 5.73 Å². The van der Waals surface area contributed by atoms with Gasteiger partial charge >= 0.3 is 6.18 Å². The van der Waals surface area contributed by atoms with Gasteiger partial charge in [-0.25, -0.2) is 0 Å². The standard InChI is InChI=1S/C14H18F3NS/c1-13(7-2-8-19-13)12(18)9-10-3-5-11(6-4-10)14(15,16)17/h3-6,12H,2,7-9,18H2,1H3. The average molecular weight is 289 g/mol. The van der Waals surface area contributed by atoms with Crippen LogP contribution in [0, 0.1) is 0 Å². The van der Waals surface area contributed by atoms with E-state index in [0.29, 0.717) is 6.42 Å². The molecule has 2 rings (SSSR count). The van der Waals surface area contributed by atoms with Gasteiger partial charge in [-0.15, -0.1) is 0 Å². The van der Waals surface area contributed by atoms with Crippen LogP contribution in [0.15, 0.2) is 24.3 Å². The van der Waals surface area contributed by atoms with Gasteiger partial charge in [0.05, 0.1) is 5.56 Å². The zero-order valence-electron chi connectivity index (χ0n) is 10.8. The van der Waals surface area contributed by atoms with E-state index in [-0.39, 0.29) is 10.8 Å². The minimum Gasteiger partial charge on any atom is -0.326 e. The Morgan fingerprint density at radius 3 is 2.42 bits per heavy atom. The van der Waals surface area contributed by atoms with E-state index in [1.54, 1.807) is 0 Å². The van der Waals surface area contributed by atoms with Gasteiger partial charge in [0.25, 0.3) is 0 Å². The summed E-state index contributed by atoms with van der Waals surface area (Å²) in [4.78, 5) is 0. The summed E-state index contributed by atoms with van der Waals surface area (Å²) in [6.45, 7) is 2.15. The van der Waals surface area contributed by atoms with Crippen LogP contribution < -0.4 is 5.73 Å². The van der Waals surface area contributed by atoms with Gasteiger partial charge in [-0.05, 0) is 49.6 Å². The van der Waals surface area contributed by atoms with Crippen LogP contribution >= 0.6 is 11.8 Å². The van der Waals surface area contributed by atoms with Gasteiger partial charge in [0.1, 0.15) is 0 Å². The molecule has 1 aliphatic heterocycles. The molecule has 0 aromatic heterocycles. The molecule has 0 saturated carbocycles. The van der Waals surface area contributed by atoms with Gasteiger partial charge in [-0.2, -0.15) is 24.9 Å². The number of hydrogen-bond acceptors (Lipinski definition) is 2. The summed E-state index contributed by atoms with van der Waals surface area (Å²) in [6.07, 6.45) is -1.39. The fourth-order valence-corrected chi connectivity index (χ4v) is 3.73. The molecule has 0 amide bonds. The molecule has 2 atom stereocenters. The molecule has 1 aromatic rings. The summed E-state index contributed by atoms with van der Waals surface area (Å²) >= 11 is 1.87. The minimum atomic E-state index is -4.27. The lowest BCUT2D eigenvalue weighted by molar-refractivity contribution is -0.137. The Hall–Kier alpha value is -0.680. The van der Waals surface area contributed by atoms with Crippen LogP contribution in [-0.4, -0.2) is 16.5 Å². The summed E-state index contributed by atoms with van der Waals surface area (Å²) in [5, 5.41) is 0. The van der Waals surface area contributed by atoms with Gasteiger partial charge < -0.3 is 5.73 Å². The summed E-state index contributed by atoms with van der Waals surface area (Å²) < 4.78 is 37.4. The lowest BCUT2D eigenvalue weighted by atomic mass is 9.91. The van der Waals surface area contributed by atoms with Crippen molar-refractivity contribution in [3.63, 3.8) is 0 Å². The van der Waals surface area contributed by atoms with Crippen molar-refractivity contribution in [3.8, 4) is 0 Å². The Bertz CT molecular complexity index is 421. The van der Waals surface area contributed by atoms with E-state index >= 15 is 0 Å². The van der Waals surface area contributed by atoms with Crippen LogP contribution in [0.4, 0.5) is 13.2 Å². The summed E-state index contributed by atoms with van der Waals surface area (Å²) in [7, 11) is 0. The molecule has 0 radical (unpaired) electrons. The molecule has 5 heteroatoms. The van der Waals surface area contributed by atoms with Crippen molar-refractivity contribution in [1.82, 2.24) is 0 Å². The van der Waals surface area contributed by atoms with E-state index in [9.17, 15) is 13.2 Å². The number of thioether (sulfide) groups is 1. The lowest BCUT2D eigenvalue weighted by Gasteiger charge is -2.30. The first-order valence-corrected chi connectivity index (χ1v) is 7.35. The maximum atomic E-state index is 12.5. The van der Waals surface area contributed by atoms with Crippen molar-refractivity contribution >= 4 is 11.8 Å². The van der Waals surface area contributed by atoms with Crippen molar-refractivity contribution in [2.45, 2.75) is 43.2 Å². The van der Waals surface area contributed by atoms with Crippen molar-refractivity contribution in [3.05, 3.63) is 35.4 Å². The van der Waals surface area contributed by atoms with E-state index in [4.69, 9.17) is 5.73 Å². The monoisotopic (exact) mass is 289 g/mol. The molecular weight excluding hydrogens is 271 g/mol. The first-order valence-electron chi connectivity index (χ1n) is 6.37. The van der Waals surface area contributed by atoms with Gasteiger partial charge in [-0.1, -0.05) is 12.1 Å².